The summed E-state index contributed by atoms with van der Waals surface area (Å²) in [6.07, 6.45) is 3.64. The second kappa shape index (κ2) is 5.82. The number of hydrogen-bond acceptors (Lipinski definition) is 5. The van der Waals surface area contributed by atoms with Gasteiger partial charge in [-0.05, 0) is 31.4 Å². The van der Waals surface area contributed by atoms with E-state index >= 15 is 0 Å². The summed E-state index contributed by atoms with van der Waals surface area (Å²) in [7, 11) is 2.11. The summed E-state index contributed by atoms with van der Waals surface area (Å²) >= 11 is 5.33. The number of rotatable bonds is 3. The van der Waals surface area contributed by atoms with Gasteiger partial charge in [-0.2, -0.15) is 5.10 Å². The first-order valence-corrected chi connectivity index (χ1v) is 7.00. The Labute approximate surface area is 122 Å². The number of ether oxygens (including phenoxy) is 1. The van der Waals surface area contributed by atoms with Crippen molar-refractivity contribution in [2.24, 2.45) is 0 Å². The van der Waals surface area contributed by atoms with Crippen LogP contribution in [0.5, 0.6) is 0 Å². The fraction of sp³-hybridized carbons (Fsp3) is 0.462. The SMILES string of the molecule is CN1CCOC(Cn2c(-c3ccncc3)n[nH]c2=S)C1. The van der Waals surface area contributed by atoms with Crippen LogP contribution >= 0.6 is 12.2 Å². The van der Waals surface area contributed by atoms with E-state index < -0.39 is 0 Å². The first-order chi connectivity index (χ1) is 9.74. The zero-order chi connectivity index (χ0) is 13.9. The minimum Gasteiger partial charge on any atom is -0.374 e. The third-order valence-electron chi connectivity index (χ3n) is 3.42. The second-order valence-electron chi connectivity index (χ2n) is 4.95. The number of aromatic nitrogens is 4. The molecule has 7 heteroatoms. The van der Waals surface area contributed by atoms with Gasteiger partial charge in [0.05, 0.1) is 19.3 Å². The molecular weight excluding hydrogens is 274 g/mol. The van der Waals surface area contributed by atoms with Gasteiger partial charge in [0.2, 0.25) is 0 Å². The maximum Gasteiger partial charge on any atom is 0.195 e. The molecule has 1 aliphatic heterocycles. The zero-order valence-electron chi connectivity index (χ0n) is 11.3. The molecule has 106 valence electrons. The molecule has 0 radical (unpaired) electrons. The van der Waals surface area contributed by atoms with E-state index in [1.54, 1.807) is 12.4 Å². The Morgan fingerprint density at radius 2 is 2.25 bits per heavy atom. The summed E-state index contributed by atoms with van der Waals surface area (Å²) in [6.45, 7) is 3.35. The van der Waals surface area contributed by atoms with E-state index in [-0.39, 0.29) is 6.10 Å². The van der Waals surface area contributed by atoms with Crippen molar-refractivity contribution in [3.05, 3.63) is 29.3 Å². The van der Waals surface area contributed by atoms with E-state index in [0.29, 0.717) is 11.3 Å². The van der Waals surface area contributed by atoms with Crippen LogP contribution in [-0.2, 0) is 11.3 Å². The number of aromatic amines is 1. The lowest BCUT2D eigenvalue weighted by molar-refractivity contribution is -0.0274. The van der Waals surface area contributed by atoms with E-state index in [1.165, 1.54) is 0 Å². The molecule has 1 fully saturated rings. The van der Waals surface area contributed by atoms with Crippen LogP contribution in [-0.4, -0.2) is 57.5 Å². The van der Waals surface area contributed by atoms with E-state index in [0.717, 1.165) is 31.1 Å². The van der Waals surface area contributed by atoms with Crippen LogP contribution < -0.4 is 0 Å². The number of morpholine rings is 1. The van der Waals surface area contributed by atoms with E-state index in [2.05, 4.69) is 27.1 Å². The number of H-pyrrole nitrogens is 1. The highest BCUT2D eigenvalue weighted by Gasteiger charge is 2.20. The Kier molecular flexibility index (Phi) is 3.90. The van der Waals surface area contributed by atoms with E-state index in [9.17, 15) is 0 Å². The fourth-order valence-corrected chi connectivity index (χ4v) is 2.60. The van der Waals surface area contributed by atoms with Gasteiger partial charge in [-0.15, -0.1) is 0 Å². The standard InChI is InChI=1S/C13H17N5OS/c1-17-6-7-19-11(8-17)9-18-12(15-16-13(18)20)10-2-4-14-5-3-10/h2-5,11H,6-9H2,1H3,(H,16,20). The molecule has 1 saturated heterocycles. The van der Waals surface area contributed by atoms with Gasteiger partial charge in [-0.1, -0.05) is 0 Å². The summed E-state index contributed by atoms with van der Waals surface area (Å²) in [4.78, 5) is 6.30. The predicted molar refractivity (Wildman–Crippen MR) is 77.9 cm³/mol. The van der Waals surface area contributed by atoms with Gasteiger partial charge in [0.25, 0.3) is 0 Å². The lowest BCUT2D eigenvalue weighted by atomic mass is 10.2. The molecule has 1 unspecified atom stereocenters. The zero-order valence-corrected chi connectivity index (χ0v) is 12.1. The topological polar surface area (TPSA) is 59.0 Å². The molecule has 0 aromatic carbocycles. The number of nitrogens with zero attached hydrogens (tertiary/aromatic N) is 4. The molecule has 0 spiro atoms. The molecule has 0 saturated carbocycles. The van der Waals surface area contributed by atoms with Crippen molar-refractivity contribution < 1.29 is 4.74 Å². The molecule has 2 aromatic rings. The lowest BCUT2D eigenvalue weighted by Crippen LogP contribution is -2.42. The minimum atomic E-state index is 0.138. The molecule has 0 amide bonds. The fourth-order valence-electron chi connectivity index (χ4n) is 2.39. The maximum atomic E-state index is 5.80. The van der Waals surface area contributed by atoms with Gasteiger partial charge in [0.15, 0.2) is 10.6 Å². The quantitative estimate of drug-likeness (QED) is 0.865. The van der Waals surface area contributed by atoms with Gasteiger partial charge in [-0.25, -0.2) is 0 Å². The molecule has 2 aromatic heterocycles. The molecule has 1 aliphatic rings. The van der Waals surface area contributed by atoms with Gasteiger partial charge in [0, 0.05) is 31.0 Å². The number of nitrogens with one attached hydrogen (secondary N) is 1. The van der Waals surface area contributed by atoms with E-state index in [1.807, 2.05) is 16.7 Å². The molecular formula is C13H17N5OS. The molecule has 3 rings (SSSR count). The van der Waals surface area contributed by atoms with Crippen LogP contribution in [0.3, 0.4) is 0 Å². The van der Waals surface area contributed by atoms with Crippen molar-refractivity contribution in [3.8, 4) is 11.4 Å². The van der Waals surface area contributed by atoms with Gasteiger partial charge >= 0.3 is 0 Å². The Balaban J connectivity index is 1.86. The monoisotopic (exact) mass is 291 g/mol. The normalized spacial score (nSPS) is 20.1. The van der Waals surface area contributed by atoms with Crippen LogP contribution in [0.4, 0.5) is 0 Å². The molecule has 1 N–H and O–H groups in total. The molecule has 3 heterocycles. The van der Waals surface area contributed by atoms with Crippen molar-refractivity contribution in [2.45, 2.75) is 12.6 Å². The first-order valence-electron chi connectivity index (χ1n) is 6.60. The van der Waals surface area contributed by atoms with Crippen LogP contribution in [0.25, 0.3) is 11.4 Å². The predicted octanol–water partition coefficient (Wildman–Crippen LogP) is 1.33. The Bertz CT molecular complexity index is 623. The van der Waals surface area contributed by atoms with Crippen LogP contribution in [0.1, 0.15) is 0 Å². The number of likely N-dealkylation sites (N-methyl/N-ethyl adjacent to an activating group) is 1. The highest BCUT2D eigenvalue weighted by Crippen LogP contribution is 2.17. The van der Waals surface area contributed by atoms with Crippen LogP contribution in [0.15, 0.2) is 24.5 Å². The Morgan fingerprint density at radius 1 is 1.45 bits per heavy atom. The molecule has 20 heavy (non-hydrogen) atoms. The van der Waals surface area contributed by atoms with Crippen LogP contribution in [0, 0.1) is 4.77 Å². The summed E-state index contributed by atoms with van der Waals surface area (Å²) in [5.74, 6) is 0.828. The summed E-state index contributed by atoms with van der Waals surface area (Å²) in [6, 6.07) is 3.85. The minimum absolute atomic E-state index is 0.138. The van der Waals surface area contributed by atoms with Crippen molar-refractivity contribution in [1.82, 2.24) is 24.6 Å². The third-order valence-corrected chi connectivity index (χ3v) is 3.74. The van der Waals surface area contributed by atoms with Crippen molar-refractivity contribution >= 4 is 12.2 Å². The third kappa shape index (κ3) is 2.79. The Morgan fingerprint density at radius 3 is 3.00 bits per heavy atom. The van der Waals surface area contributed by atoms with Crippen LogP contribution in [0.2, 0.25) is 0 Å². The average molecular weight is 291 g/mol. The molecule has 0 bridgehead atoms. The average Bonchev–Trinajstić information content (AvgIpc) is 2.81. The van der Waals surface area contributed by atoms with Crippen molar-refractivity contribution in [2.75, 3.05) is 26.7 Å². The summed E-state index contributed by atoms with van der Waals surface area (Å²) in [5, 5.41) is 7.18. The second-order valence-corrected chi connectivity index (χ2v) is 5.34. The smallest absolute Gasteiger partial charge is 0.195 e. The lowest BCUT2D eigenvalue weighted by Gasteiger charge is -2.30. The van der Waals surface area contributed by atoms with E-state index in [4.69, 9.17) is 17.0 Å². The summed E-state index contributed by atoms with van der Waals surface area (Å²) in [5.41, 5.74) is 0.997. The van der Waals surface area contributed by atoms with Crippen molar-refractivity contribution in [1.29, 1.82) is 0 Å². The molecule has 0 aliphatic carbocycles. The largest absolute Gasteiger partial charge is 0.374 e. The highest BCUT2D eigenvalue weighted by atomic mass is 32.1. The Hall–Kier alpha value is -1.57. The maximum absolute atomic E-state index is 5.80. The van der Waals surface area contributed by atoms with Gasteiger partial charge in [-0.3, -0.25) is 14.6 Å². The molecule has 6 nitrogen and oxygen atoms in total. The van der Waals surface area contributed by atoms with Gasteiger partial charge < -0.3 is 9.64 Å². The molecule has 1 atom stereocenters. The van der Waals surface area contributed by atoms with Crippen molar-refractivity contribution in [3.63, 3.8) is 0 Å². The van der Waals surface area contributed by atoms with Gasteiger partial charge in [0.1, 0.15) is 0 Å². The highest BCUT2D eigenvalue weighted by molar-refractivity contribution is 7.71. The first kappa shape index (κ1) is 13.4. The summed E-state index contributed by atoms with van der Waals surface area (Å²) < 4.78 is 8.42. The number of hydrogen-bond donors (Lipinski definition) is 1. The number of pyridine rings is 1.